The van der Waals surface area contributed by atoms with E-state index >= 15 is 0 Å². The molecule has 18 heavy (non-hydrogen) atoms. The minimum atomic E-state index is 0.488. The molecule has 1 N–H and O–H groups in total. The Balaban J connectivity index is 1.81. The molecule has 2 rings (SSSR count). The maximum Gasteiger partial charge on any atom is 0.120 e. The quantitative estimate of drug-likeness (QED) is 0.778. The van der Waals surface area contributed by atoms with Gasteiger partial charge in [0.1, 0.15) is 12.4 Å². The Kier molecular flexibility index (Phi) is 4.43. The predicted molar refractivity (Wildman–Crippen MR) is 76.2 cm³/mol. The zero-order valence-corrected chi connectivity index (χ0v) is 11.5. The van der Waals surface area contributed by atoms with Crippen LogP contribution in [0.5, 0.6) is 5.75 Å². The molecule has 1 aliphatic carbocycles. The Labute approximate surface area is 110 Å². The molecule has 0 radical (unpaired) electrons. The fourth-order valence-electron chi connectivity index (χ4n) is 2.22. The first kappa shape index (κ1) is 13.2. The van der Waals surface area contributed by atoms with E-state index in [1.807, 2.05) is 0 Å². The molecule has 1 aliphatic rings. The topological polar surface area (TPSA) is 21.3 Å². The summed E-state index contributed by atoms with van der Waals surface area (Å²) in [5, 5.41) is 3.34. The van der Waals surface area contributed by atoms with Crippen molar-refractivity contribution >= 4 is 0 Å². The van der Waals surface area contributed by atoms with Crippen LogP contribution in [0.1, 0.15) is 31.4 Å². The van der Waals surface area contributed by atoms with E-state index in [2.05, 4.69) is 43.9 Å². The normalized spacial score (nSPS) is 13.7. The lowest BCUT2D eigenvalue weighted by atomic mass is 10.1. The highest BCUT2D eigenvalue weighted by Gasteiger charge is 2.11. The van der Waals surface area contributed by atoms with Crippen LogP contribution in [0.4, 0.5) is 0 Å². The monoisotopic (exact) mass is 245 g/mol. The zero-order valence-electron chi connectivity index (χ0n) is 11.5. The van der Waals surface area contributed by atoms with E-state index < -0.39 is 0 Å². The van der Waals surface area contributed by atoms with Crippen LogP contribution in [-0.2, 0) is 12.8 Å². The van der Waals surface area contributed by atoms with Crippen molar-refractivity contribution in [2.45, 2.75) is 39.2 Å². The number of ether oxygens (including phenoxy) is 1. The average molecular weight is 245 g/mol. The highest BCUT2D eigenvalue weighted by atomic mass is 16.5. The van der Waals surface area contributed by atoms with Gasteiger partial charge in [-0.1, -0.05) is 26.5 Å². The molecule has 0 spiro atoms. The summed E-state index contributed by atoms with van der Waals surface area (Å²) in [7, 11) is 0. The Hall–Kier alpha value is -1.28. The highest BCUT2D eigenvalue weighted by Crippen LogP contribution is 2.26. The minimum Gasteiger partial charge on any atom is -0.489 e. The van der Waals surface area contributed by atoms with E-state index in [0.29, 0.717) is 12.6 Å². The largest absolute Gasteiger partial charge is 0.489 e. The smallest absolute Gasteiger partial charge is 0.120 e. The molecule has 0 amide bonds. The maximum absolute atomic E-state index is 5.79. The fraction of sp³-hybridized carbons (Fsp3) is 0.500. The van der Waals surface area contributed by atoms with E-state index in [9.17, 15) is 0 Å². The molecule has 0 unspecified atom stereocenters. The van der Waals surface area contributed by atoms with Crippen LogP contribution in [0.3, 0.4) is 0 Å². The van der Waals surface area contributed by atoms with Crippen molar-refractivity contribution in [2.24, 2.45) is 0 Å². The lowest BCUT2D eigenvalue weighted by molar-refractivity contribution is 0.347. The van der Waals surface area contributed by atoms with Gasteiger partial charge in [0.25, 0.3) is 0 Å². The van der Waals surface area contributed by atoms with E-state index in [-0.39, 0.29) is 0 Å². The molecular formula is C16H23NO. The Bertz CT molecular complexity index is 423. The summed E-state index contributed by atoms with van der Waals surface area (Å²) < 4.78 is 5.79. The summed E-state index contributed by atoms with van der Waals surface area (Å²) in [6, 6.07) is 6.95. The summed E-state index contributed by atoms with van der Waals surface area (Å²) in [6.07, 6.45) is 3.70. The number of benzene rings is 1. The lowest BCUT2D eigenvalue weighted by Gasteiger charge is -2.12. The van der Waals surface area contributed by atoms with Gasteiger partial charge in [0.05, 0.1) is 0 Å². The first-order valence-corrected chi connectivity index (χ1v) is 6.80. The van der Waals surface area contributed by atoms with Crippen LogP contribution in [0.25, 0.3) is 0 Å². The van der Waals surface area contributed by atoms with Gasteiger partial charge < -0.3 is 10.1 Å². The van der Waals surface area contributed by atoms with Gasteiger partial charge in [-0.25, -0.2) is 0 Å². The highest BCUT2D eigenvalue weighted by molar-refractivity contribution is 5.38. The van der Waals surface area contributed by atoms with Crippen LogP contribution in [0.2, 0.25) is 0 Å². The second-order valence-corrected chi connectivity index (χ2v) is 5.36. The summed E-state index contributed by atoms with van der Waals surface area (Å²) in [4.78, 5) is 0. The second-order valence-electron chi connectivity index (χ2n) is 5.36. The second kappa shape index (κ2) is 6.05. The zero-order chi connectivity index (χ0) is 13.0. The molecule has 0 fully saturated rings. The van der Waals surface area contributed by atoms with Gasteiger partial charge in [0, 0.05) is 12.6 Å². The molecule has 0 atom stereocenters. The Morgan fingerprint density at radius 3 is 2.89 bits per heavy atom. The minimum absolute atomic E-state index is 0.488. The molecule has 0 bridgehead atoms. The van der Waals surface area contributed by atoms with Crippen molar-refractivity contribution in [3.8, 4) is 5.75 Å². The third-order valence-electron chi connectivity index (χ3n) is 3.27. The van der Waals surface area contributed by atoms with Gasteiger partial charge in [-0.15, -0.1) is 0 Å². The van der Waals surface area contributed by atoms with Crippen molar-refractivity contribution in [3.63, 3.8) is 0 Å². The predicted octanol–water partition coefficient (Wildman–Crippen LogP) is 3.11. The molecule has 2 nitrogen and oxygen atoms in total. The third-order valence-corrected chi connectivity index (χ3v) is 3.27. The number of rotatable bonds is 6. The molecule has 2 heteroatoms. The Morgan fingerprint density at radius 1 is 1.33 bits per heavy atom. The summed E-state index contributed by atoms with van der Waals surface area (Å²) in [5.41, 5.74) is 4.03. The van der Waals surface area contributed by atoms with Crippen molar-refractivity contribution < 1.29 is 4.74 Å². The van der Waals surface area contributed by atoms with Gasteiger partial charge in [0.2, 0.25) is 0 Å². The summed E-state index contributed by atoms with van der Waals surface area (Å²) >= 11 is 0. The van der Waals surface area contributed by atoms with Crippen LogP contribution in [0.15, 0.2) is 30.4 Å². The first-order chi connectivity index (χ1) is 8.65. The maximum atomic E-state index is 5.79. The first-order valence-electron chi connectivity index (χ1n) is 6.80. The fourth-order valence-corrected chi connectivity index (χ4v) is 2.22. The number of fused-ring (bicyclic) bond motifs is 1. The van der Waals surface area contributed by atoms with Crippen molar-refractivity contribution in [1.29, 1.82) is 0 Å². The molecular weight excluding hydrogens is 222 g/mol. The van der Waals surface area contributed by atoms with Gasteiger partial charge in [-0.3, -0.25) is 0 Å². The number of nitrogens with one attached hydrogen (secondary N) is 1. The summed E-state index contributed by atoms with van der Waals surface area (Å²) in [5.74, 6) is 0.973. The summed E-state index contributed by atoms with van der Waals surface area (Å²) in [6.45, 7) is 9.71. The van der Waals surface area contributed by atoms with Crippen molar-refractivity contribution in [3.05, 3.63) is 41.5 Å². The molecule has 0 saturated heterocycles. The molecule has 1 aromatic rings. The molecule has 0 heterocycles. The molecule has 0 aromatic heterocycles. The Morgan fingerprint density at radius 2 is 2.11 bits per heavy atom. The SMILES string of the molecule is C=C(CNC(C)C)COc1ccc2c(c1)CCC2. The van der Waals surface area contributed by atoms with Gasteiger partial charge >= 0.3 is 0 Å². The van der Waals surface area contributed by atoms with E-state index in [1.165, 1.54) is 30.4 Å². The number of hydrogen-bond acceptors (Lipinski definition) is 2. The van der Waals surface area contributed by atoms with E-state index in [1.54, 1.807) is 0 Å². The third kappa shape index (κ3) is 3.61. The van der Waals surface area contributed by atoms with Gasteiger partial charge in [-0.2, -0.15) is 0 Å². The molecule has 0 saturated carbocycles. The van der Waals surface area contributed by atoms with Crippen molar-refractivity contribution in [1.82, 2.24) is 5.32 Å². The van der Waals surface area contributed by atoms with Gasteiger partial charge in [0.15, 0.2) is 0 Å². The van der Waals surface area contributed by atoms with Crippen LogP contribution in [-0.4, -0.2) is 19.2 Å². The average Bonchev–Trinajstić information content (AvgIpc) is 2.81. The number of aryl methyl sites for hydroxylation is 2. The van der Waals surface area contributed by atoms with E-state index in [0.717, 1.165) is 17.9 Å². The van der Waals surface area contributed by atoms with Crippen LogP contribution < -0.4 is 10.1 Å². The molecule has 1 aromatic carbocycles. The number of hydrogen-bond donors (Lipinski definition) is 1. The molecule has 0 aliphatic heterocycles. The van der Waals surface area contributed by atoms with Gasteiger partial charge in [-0.05, 0) is 48.1 Å². The lowest BCUT2D eigenvalue weighted by Crippen LogP contribution is -2.26. The standard InChI is InChI=1S/C16H23NO/c1-12(2)17-10-13(3)11-18-16-8-7-14-5-4-6-15(14)9-16/h7-9,12,17H,3-6,10-11H2,1-2H3. The molecule has 98 valence electrons. The van der Waals surface area contributed by atoms with E-state index in [4.69, 9.17) is 4.74 Å². The van der Waals surface area contributed by atoms with Crippen molar-refractivity contribution in [2.75, 3.05) is 13.2 Å². The van der Waals surface area contributed by atoms with Crippen LogP contribution in [0, 0.1) is 0 Å². The van der Waals surface area contributed by atoms with Crippen LogP contribution >= 0.6 is 0 Å².